The van der Waals surface area contributed by atoms with Crippen molar-refractivity contribution in [3.63, 3.8) is 0 Å². The van der Waals surface area contributed by atoms with Gasteiger partial charge in [-0.3, -0.25) is 4.79 Å². The van der Waals surface area contributed by atoms with E-state index in [1.54, 1.807) is 0 Å². The molecule has 0 unspecified atom stereocenters. The third-order valence-corrected chi connectivity index (χ3v) is 3.78. The zero-order chi connectivity index (χ0) is 16.0. The lowest BCUT2D eigenvalue weighted by Crippen LogP contribution is -2.46. The van der Waals surface area contributed by atoms with Crippen molar-refractivity contribution < 1.29 is 27.9 Å². The summed E-state index contributed by atoms with van der Waals surface area (Å²) in [6, 6.07) is -0.727. The molecule has 2 N–H and O–H groups in total. The lowest BCUT2D eigenvalue weighted by molar-refractivity contribution is -0.143. The highest BCUT2D eigenvalue weighted by atomic mass is 19.4. The molecule has 1 rings (SSSR count). The van der Waals surface area contributed by atoms with Crippen LogP contribution in [0.4, 0.5) is 18.0 Å². The molecule has 1 saturated carbocycles. The maximum Gasteiger partial charge on any atom is 0.406 e. The van der Waals surface area contributed by atoms with Crippen LogP contribution in [0.5, 0.6) is 0 Å². The minimum atomic E-state index is -4.41. The number of amides is 2. The van der Waals surface area contributed by atoms with Gasteiger partial charge in [0.05, 0.1) is 5.92 Å². The van der Waals surface area contributed by atoms with Crippen molar-refractivity contribution in [3.05, 3.63) is 0 Å². The highest BCUT2D eigenvalue weighted by molar-refractivity contribution is 5.74. The molecule has 1 aliphatic carbocycles. The molecule has 0 heterocycles. The molecule has 5 nitrogen and oxygen atoms in total. The fourth-order valence-electron chi connectivity index (χ4n) is 2.50. The van der Waals surface area contributed by atoms with Crippen LogP contribution in [-0.2, 0) is 4.79 Å². The number of rotatable bonds is 5. The summed E-state index contributed by atoms with van der Waals surface area (Å²) < 4.78 is 36.9. The van der Waals surface area contributed by atoms with Crippen LogP contribution in [0.1, 0.15) is 32.6 Å². The molecular formula is C13H21F3N2O3. The van der Waals surface area contributed by atoms with Gasteiger partial charge in [-0.2, -0.15) is 13.2 Å². The minimum Gasteiger partial charge on any atom is -0.481 e. The summed E-state index contributed by atoms with van der Waals surface area (Å²) in [5, 5.41) is 11.4. The van der Waals surface area contributed by atoms with Crippen molar-refractivity contribution in [2.24, 2.45) is 11.8 Å². The number of urea groups is 1. The van der Waals surface area contributed by atoms with Gasteiger partial charge in [0.2, 0.25) is 0 Å². The van der Waals surface area contributed by atoms with Crippen molar-refractivity contribution in [2.75, 3.05) is 19.6 Å². The van der Waals surface area contributed by atoms with Gasteiger partial charge in [0, 0.05) is 13.1 Å². The topological polar surface area (TPSA) is 69.6 Å². The summed E-state index contributed by atoms with van der Waals surface area (Å²) in [4.78, 5) is 23.2. The second kappa shape index (κ2) is 7.51. The monoisotopic (exact) mass is 310 g/mol. The first-order valence-electron chi connectivity index (χ1n) is 7.05. The fraction of sp³-hybridized carbons (Fsp3) is 0.846. The summed E-state index contributed by atoms with van der Waals surface area (Å²) >= 11 is 0. The van der Waals surface area contributed by atoms with Crippen LogP contribution in [0, 0.1) is 11.8 Å². The second-order valence-corrected chi connectivity index (χ2v) is 5.37. The summed E-state index contributed by atoms with van der Waals surface area (Å²) in [5.41, 5.74) is 0. The molecule has 21 heavy (non-hydrogen) atoms. The van der Waals surface area contributed by atoms with Crippen LogP contribution >= 0.6 is 0 Å². The Labute approximate surface area is 121 Å². The zero-order valence-electron chi connectivity index (χ0n) is 11.9. The van der Waals surface area contributed by atoms with E-state index in [-0.39, 0.29) is 18.4 Å². The zero-order valence-corrected chi connectivity index (χ0v) is 11.9. The van der Waals surface area contributed by atoms with Crippen LogP contribution in [0.3, 0.4) is 0 Å². The molecule has 122 valence electrons. The van der Waals surface area contributed by atoms with E-state index in [0.29, 0.717) is 37.1 Å². The number of hydrogen-bond acceptors (Lipinski definition) is 2. The molecular weight excluding hydrogens is 289 g/mol. The van der Waals surface area contributed by atoms with Crippen LogP contribution in [0.25, 0.3) is 0 Å². The SMILES string of the molecule is CCN(CC(F)(F)F)C(=O)NCC1CCC(C(=O)O)CC1. The van der Waals surface area contributed by atoms with Gasteiger partial charge < -0.3 is 15.3 Å². The summed E-state index contributed by atoms with van der Waals surface area (Å²) in [7, 11) is 0. The predicted molar refractivity (Wildman–Crippen MR) is 69.8 cm³/mol. The Kier molecular flexibility index (Phi) is 6.29. The first-order valence-corrected chi connectivity index (χ1v) is 7.05. The number of halogens is 3. The Morgan fingerprint density at radius 2 is 1.81 bits per heavy atom. The average Bonchev–Trinajstić information content (AvgIpc) is 2.41. The molecule has 0 saturated heterocycles. The number of alkyl halides is 3. The average molecular weight is 310 g/mol. The standard InChI is InChI=1S/C13H21F3N2O3/c1-2-18(8-13(14,15)16)12(21)17-7-9-3-5-10(6-4-9)11(19)20/h9-10H,2-8H2,1H3,(H,17,21)(H,19,20). The van der Waals surface area contributed by atoms with E-state index in [1.807, 2.05) is 0 Å². The van der Waals surface area contributed by atoms with Crippen molar-refractivity contribution in [1.82, 2.24) is 10.2 Å². The van der Waals surface area contributed by atoms with Gasteiger partial charge in [-0.25, -0.2) is 4.79 Å². The van der Waals surface area contributed by atoms with E-state index < -0.39 is 24.7 Å². The van der Waals surface area contributed by atoms with E-state index in [1.165, 1.54) is 6.92 Å². The Bertz CT molecular complexity index is 366. The number of nitrogens with zero attached hydrogens (tertiary/aromatic N) is 1. The fourth-order valence-corrected chi connectivity index (χ4v) is 2.50. The molecule has 1 fully saturated rings. The molecule has 2 amide bonds. The van der Waals surface area contributed by atoms with Gasteiger partial charge in [0.15, 0.2) is 0 Å². The Balaban J connectivity index is 2.34. The normalized spacial score (nSPS) is 22.7. The Morgan fingerprint density at radius 3 is 2.24 bits per heavy atom. The molecule has 0 atom stereocenters. The van der Waals surface area contributed by atoms with Gasteiger partial charge in [-0.05, 0) is 38.5 Å². The van der Waals surface area contributed by atoms with Crippen LogP contribution < -0.4 is 5.32 Å². The predicted octanol–water partition coefficient (Wildman–Crippen LogP) is 2.47. The number of carboxylic acids is 1. The molecule has 0 bridgehead atoms. The van der Waals surface area contributed by atoms with Crippen molar-refractivity contribution in [2.45, 2.75) is 38.8 Å². The smallest absolute Gasteiger partial charge is 0.406 e. The summed E-state index contributed by atoms with van der Waals surface area (Å²) in [6.07, 6.45) is -1.97. The highest BCUT2D eigenvalue weighted by Gasteiger charge is 2.32. The van der Waals surface area contributed by atoms with E-state index >= 15 is 0 Å². The van der Waals surface area contributed by atoms with Crippen molar-refractivity contribution in [3.8, 4) is 0 Å². The minimum absolute atomic E-state index is 0.0168. The maximum atomic E-state index is 12.3. The highest BCUT2D eigenvalue weighted by Crippen LogP contribution is 2.28. The number of nitrogens with one attached hydrogen (secondary N) is 1. The third-order valence-electron chi connectivity index (χ3n) is 3.78. The number of carboxylic acid groups (broad SMARTS) is 1. The van der Waals surface area contributed by atoms with Crippen molar-refractivity contribution >= 4 is 12.0 Å². The molecule has 0 aromatic carbocycles. The van der Waals surface area contributed by atoms with Gasteiger partial charge >= 0.3 is 18.2 Å². The van der Waals surface area contributed by atoms with Gasteiger partial charge in [0.1, 0.15) is 6.54 Å². The number of aliphatic carboxylic acids is 1. The molecule has 1 aliphatic rings. The van der Waals surface area contributed by atoms with Gasteiger partial charge in [0.25, 0.3) is 0 Å². The van der Waals surface area contributed by atoms with E-state index in [4.69, 9.17) is 5.11 Å². The number of carbonyl (C=O) groups excluding carboxylic acids is 1. The summed E-state index contributed by atoms with van der Waals surface area (Å²) in [5.74, 6) is -1.01. The quantitative estimate of drug-likeness (QED) is 0.819. The molecule has 0 aromatic heterocycles. The van der Waals surface area contributed by atoms with Crippen LogP contribution in [-0.4, -0.2) is 47.8 Å². The molecule has 0 aliphatic heterocycles. The van der Waals surface area contributed by atoms with Crippen molar-refractivity contribution in [1.29, 1.82) is 0 Å². The van der Waals surface area contributed by atoms with E-state index in [9.17, 15) is 22.8 Å². The Morgan fingerprint density at radius 1 is 1.24 bits per heavy atom. The first kappa shape index (κ1) is 17.6. The molecule has 0 radical (unpaired) electrons. The van der Waals surface area contributed by atoms with Gasteiger partial charge in [-0.15, -0.1) is 0 Å². The van der Waals surface area contributed by atoms with Gasteiger partial charge in [-0.1, -0.05) is 0 Å². The lowest BCUT2D eigenvalue weighted by atomic mass is 9.82. The van der Waals surface area contributed by atoms with Crippen LogP contribution in [0.2, 0.25) is 0 Å². The number of carbonyl (C=O) groups is 2. The lowest BCUT2D eigenvalue weighted by Gasteiger charge is -2.28. The van der Waals surface area contributed by atoms with Crippen LogP contribution in [0.15, 0.2) is 0 Å². The maximum absolute atomic E-state index is 12.3. The second-order valence-electron chi connectivity index (χ2n) is 5.37. The Hall–Kier alpha value is -1.47. The largest absolute Gasteiger partial charge is 0.481 e. The van der Waals surface area contributed by atoms with E-state index in [2.05, 4.69) is 5.32 Å². The molecule has 0 spiro atoms. The third kappa shape index (κ3) is 6.22. The first-order chi connectivity index (χ1) is 9.73. The molecule has 8 heteroatoms. The summed E-state index contributed by atoms with van der Waals surface area (Å²) in [6.45, 7) is 0.501. The van der Waals surface area contributed by atoms with E-state index in [0.717, 1.165) is 0 Å². The number of hydrogen-bond donors (Lipinski definition) is 2. The molecule has 0 aromatic rings.